The molecule has 46 heavy (non-hydrogen) atoms. The zero-order valence-electron chi connectivity index (χ0n) is 25.4. The molecule has 2 aliphatic rings. The van der Waals surface area contributed by atoms with Gasteiger partial charge in [0.2, 0.25) is 0 Å². The molecule has 0 bridgehead atoms. The van der Waals surface area contributed by atoms with Crippen molar-refractivity contribution in [1.29, 1.82) is 0 Å². The minimum atomic E-state index is 0.374. The molecular formula is C44H32N2. The average molecular weight is 589 g/mol. The molecule has 0 fully saturated rings. The van der Waals surface area contributed by atoms with Crippen molar-refractivity contribution in [1.82, 2.24) is 4.57 Å². The fourth-order valence-corrected chi connectivity index (χ4v) is 7.32. The molecule has 2 atom stereocenters. The third-order valence-corrected chi connectivity index (χ3v) is 9.53. The number of allylic oxidation sites excluding steroid dienone is 5. The fraction of sp³-hybridized carbons (Fsp3) is 0.0455. The van der Waals surface area contributed by atoms with Crippen molar-refractivity contribution in [2.75, 3.05) is 4.90 Å². The first kappa shape index (κ1) is 26.5. The Hall–Kier alpha value is -5.86. The summed E-state index contributed by atoms with van der Waals surface area (Å²) in [5, 5.41) is 3.82. The van der Waals surface area contributed by atoms with Gasteiger partial charge in [-0.25, -0.2) is 0 Å². The summed E-state index contributed by atoms with van der Waals surface area (Å²) in [6.07, 6.45) is 13.7. The van der Waals surface area contributed by atoms with Crippen molar-refractivity contribution in [3.05, 3.63) is 187 Å². The van der Waals surface area contributed by atoms with E-state index in [1.807, 2.05) is 0 Å². The number of benzene rings is 6. The molecule has 0 N–H and O–H groups in total. The smallest absolute Gasteiger partial charge is 0.0537 e. The highest BCUT2D eigenvalue weighted by Gasteiger charge is 2.29. The van der Waals surface area contributed by atoms with Gasteiger partial charge < -0.3 is 9.47 Å². The lowest BCUT2D eigenvalue weighted by Gasteiger charge is -2.26. The van der Waals surface area contributed by atoms with E-state index in [9.17, 15) is 0 Å². The van der Waals surface area contributed by atoms with E-state index >= 15 is 0 Å². The number of aromatic nitrogens is 1. The Morgan fingerprint density at radius 3 is 1.98 bits per heavy atom. The quantitative estimate of drug-likeness (QED) is 0.194. The standard InChI is InChI=1S/C44H32N2/c1-2-13-36(14-3-1)45(39-28-22-31-10-4-5-12-35(31)30-39)37-24-18-32(19-25-37)33-20-26-38(27-21-33)46-42-17-9-8-16-41(42)44-40-15-7-6-11-34(40)23-29-43(44)46/h1-30,34,40H. The third kappa shape index (κ3) is 4.42. The zero-order valence-corrected chi connectivity index (χ0v) is 25.4. The maximum atomic E-state index is 2.43. The van der Waals surface area contributed by atoms with Crippen LogP contribution in [0.3, 0.4) is 0 Å². The van der Waals surface area contributed by atoms with Crippen LogP contribution in [0.4, 0.5) is 17.1 Å². The Bertz CT molecular complexity index is 2300. The van der Waals surface area contributed by atoms with Crippen LogP contribution in [-0.2, 0) is 0 Å². The number of anilines is 3. The molecule has 2 heteroatoms. The van der Waals surface area contributed by atoms with Crippen molar-refractivity contribution in [2.45, 2.75) is 5.92 Å². The zero-order chi connectivity index (χ0) is 30.5. The fourth-order valence-electron chi connectivity index (χ4n) is 7.32. The van der Waals surface area contributed by atoms with Gasteiger partial charge in [-0.3, -0.25) is 0 Å². The highest BCUT2D eigenvalue weighted by molar-refractivity contribution is 5.92. The van der Waals surface area contributed by atoms with E-state index in [2.05, 4.69) is 192 Å². The van der Waals surface area contributed by atoms with Gasteiger partial charge in [0.05, 0.1) is 11.2 Å². The average Bonchev–Trinajstić information content (AvgIpc) is 3.47. The van der Waals surface area contributed by atoms with E-state index in [4.69, 9.17) is 0 Å². The second-order valence-corrected chi connectivity index (χ2v) is 12.2. The molecule has 218 valence electrons. The van der Waals surface area contributed by atoms with Crippen LogP contribution in [0.2, 0.25) is 0 Å². The van der Waals surface area contributed by atoms with Crippen LogP contribution in [0.5, 0.6) is 0 Å². The van der Waals surface area contributed by atoms with Gasteiger partial charge in [0.1, 0.15) is 0 Å². The molecule has 7 aromatic rings. The Morgan fingerprint density at radius 1 is 0.500 bits per heavy atom. The minimum Gasteiger partial charge on any atom is -0.310 e. The first-order chi connectivity index (χ1) is 22.8. The highest BCUT2D eigenvalue weighted by Crippen LogP contribution is 2.44. The maximum Gasteiger partial charge on any atom is 0.0537 e. The molecule has 2 nitrogen and oxygen atoms in total. The molecular weight excluding hydrogens is 556 g/mol. The first-order valence-corrected chi connectivity index (χ1v) is 16.0. The molecule has 6 aromatic carbocycles. The molecule has 0 saturated carbocycles. The van der Waals surface area contributed by atoms with Crippen molar-refractivity contribution in [3.8, 4) is 16.8 Å². The van der Waals surface area contributed by atoms with Crippen LogP contribution in [-0.4, -0.2) is 4.57 Å². The lowest BCUT2D eigenvalue weighted by molar-refractivity contribution is 0.693. The summed E-state index contributed by atoms with van der Waals surface area (Å²) < 4.78 is 2.43. The Labute approximate surface area is 269 Å². The van der Waals surface area contributed by atoms with E-state index in [0.29, 0.717) is 11.8 Å². The van der Waals surface area contributed by atoms with E-state index in [1.165, 1.54) is 49.7 Å². The number of hydrogen-bond acceptors (Lipinski definition) is 1. The van der Waals surface area contributed by atoms with Crippen molar-refractivity contribution >= 4 is 44.8 Å². The normalized spacial score (nSPS) is 16.4. The Kier molecular flexibility index (Phi) is 6.31. The number of hydrogen-bond donors (Lipinski definition) is 0. The summed E-state index contributed by atoms with van der Waals surface area (Å²) >= 11 is 0. The highest BCUT2D eigenvalue weighted by atomic mass is 15.1. The van der Waals surface area contributed by atoms with Gasteiger partial charge in [0, 0.05) is 40.0 Å². The number of rotatable bonds is 5. The molecule has 2 aliphatic carbocycles. The second-order valence-electron chi connectivity index (χ2n) is 12.2. The SMILES string of the molecule is C1=CC2C=Cc3c(c4ccccc4n3-c3ccc(-c4ccc(N(c5ccccc5)c5ccc6ccccc6c5)cc4)cc3)C2C=C1. The van der Waals surface area contributed by atoms with E-state index < -0.39 is 0 Å². The van der Waals surface area contributed by atoms with Crippen LogP contribution in [0.1, 0.15) is 17.2 Å². The van der Waals surface area contributed by atoms with Crippen molar-refractivity contribution in [2.24, 2.45) is 5.92 Å². The summed E-state index contributed by atoms with van der Waals surface area (Å²) in [6, 6.07) is 52.6. The maximum absolute atomic E-state index is 2.43. The van der Waals surface area contributed by atoms with Crippen LogP contribution >= 0.6 is 0 Å². The van der Waals surface area contributed by atoms with E-state index in [0.717, 1.165) is 17.1 Å². The van der Waals surface area contributed by atoms with Crippen LogP contribution in [0.15, 0.2) is 176 Å². The number of para-hydroxylation sites is 2. The lowest BCUT2D eigenvalue weighted by atomic mass is 9.78. The molecule has 9 rings (SSSR count). The molecule has 2 unspecified atom stereocenters. The minimum absolute atomic E-state index is 0.374. The molecule has 0 aliphatic heterocycles. The van der Waals surface area contributed by atoms with Crippen molar-refractivity contribution < 1.29 is 0 Å². The predicted octanol–water partition coefficient (Wildman–Crippen LogP) is 11.8. The van der Waals surface area contributed by atoms with Crippen LogP contribution < -0.4 is 4.90 Å². The molecule has 0 amide bonds. The van der Waals surface area contributed by atoms with Gasteiger partial charge in [-0.15, -0.1) is 0 Å². The Morgan fingerprint density at radius 2 is 1.15 bits per heavy atom. The van der Waals surface area contributed by atoms with Gasteiger partial charge >= 0.3 is 0 Å². The van der Waals surface area contributed by atoms with Gasteiger partial charge in [-0.2, -0.15) is 0 Å². The molecule has 1 heterocycles. The summed E-state index contributed by atoms with van der Waals surface area (Å²) in [5.74, 6) is 0.792. The summed E-state index contributed by atoms with van der Waals surface area (Å²) in [7, 11) is 0. The van der Waals surface area contributed by atoms with Gasteiger partial charge in [0.15, 0.2) is 0 Å². The lowest BCUT2D eigenvalue weighted by Crippen LogP contribution is -2.13. The topological polar surface area (TPSA) is 8.17 Å². The van der Waals surface area contributed by atoms with Crippen molar-refractivity contribution in [3.63, 3.8) is 0 Å². The predicted molar refractivity (Wildman–Crippen MR) is 194 cm³/mol. The summed E-state index contributed by atoms with van der Waals surface area (Å²) in [5.41, 5.74) is 11.0. The largest absolute Gasteiger partial charge is 0.310 e. The second kappa shape index (κ2) is 10.9. The number of nitrogens with zero attached hydrogens (tertiary/aromatic N) is 2. The Balaban J connectivity index is 1.07. The molecule has 0 radical (unpaired) electrons. The molecule has 0 spiro atoms. The van der Waals surface area contributed by atoms with Crippen LogP contribution in [0, 0.1) is 5.92 Å². The van der Waals surface area contributed by atoms with Gasteiger partial charge in [-0.05, 0) is 88.1 Å². The number of fused-ring (bicyclic) bond motifs is 6. The van der Waals surface area contributed by atoms with E-state index in [-0.39, 0.29) is 0 Å². The third-order valence-electron chi connectivity index (χ3n) is 9.53. The summed E-state index contributed by atoms with van der Waals surface area (Å²) in [6.45, 7) is 0. The molecule has 0 saturated heterocycles. The first-order valence-electron chi connectivity index (χ1n) is 16.0. The van der Waals surface area contributed by atoms with Crippen LogP contribution in [0.25, 0.3) is 44.6 Å². The molecule has 1 aromatic heterocycles. The van der Waals surface area contributed by atoms with E-state index in [1.54, 1.807) is 0 Å². The monoisotopic (exact) mass is 588 g/mol. The van der Waals surface area contributed by atoms with Gasteiger partial charge in [0.25, 0.3) is 0 Å². The summed E-state index contributed by atoms with van der Waals surface area (Å²) in [4.78, 5) is 2.33. The van der Waals surface area contributed by atoms with Gasteiger partial charge in [-0.1, -0.05) is 121 Å².